The zero-order chi connectivity index (χ0) is 21.8. The first kappa shape index (κ1) is 21.2. The lowest BCUT2D eigenvalue weighted by Crippen LogP contribution is -2.33. The van der Waals surface area contributed by atoms with Gasteiger partial charge in [0.1, 0.15) is 11.6 Å². The number of nitrogens with zero attached hydrogens (tertiary/aromatic N) is 4. The Balaban J connectivity index is 1.38. The molecule has 0 aliphatic carbocycles. The van der Waals surface area contributed by atoms with Crippen molar-refractivity contribution in [1.29, 1.82) is 0 Å². The number of ether oxygens (including phenoxy) is 1. The highest BCUT2D eigenvalue weighted by molar-refractivity contribution is 5.95. The highest BCUT2D eigenvalue weighted by Gasteiger charge is 2.32. The first-order valence-electron chi connectivity index (χ1n) is 10.8. The van der Waals surface area contributed by atoms with Crippen LogP contribution in [0.2, 0.25) is 0 Å². The van der Waals surface area contributed by atoms with E-state index >= 15 is 0 Å². The molecule has 1 aromatic carbocycles. The molecule has 2 saturated heterocycles. The van der Waals surface area contributed by atoms with E-state index in [1.165, 1.54) is 12.1 Å². The van der Waals surface area contributed by atoms with E-state index in [2.05, 4.69) is 9.97 Å². The number of rotatable bonds is 6. The van der Waals surface area contributed by atoms with Crippen LogP contribution in [0.25, 0.3) is 0 Å². The lowest BCUT2D eigenvalue weighted by Gasteiger charge is -2.24. The van der Waals surface area contributed by atoms with E-state index in [1.54, 1.807) is 23.2 Å². The van der Waals surface area contributed by atoms with Crippen LogP contribution in [-0.4, -0.2) is 57.8 Å². The largest absolute Gasteiger partial charge is 0.493 e. The van der Waals surface area contributed by atoms with Gasteiger partial charge in [0.2, 0.25) is 5.91 Å². The lowest BCUT2D eigenvalue weighted by molar-refractivity contribution is -0.132. The van der Waals surface area contributed by atoms with E-state index in [-0.39, 0.29) is 36.7 Å². The summed E-state index contributed by atoms with van der Waals surface area (Å²) in [5, 5.41) is 0. The molecule has 2 aromatic rings. The Morgan fingerprint density at radius 1 is 1.19 bits per heavy atom. The third-order valence-corrected chi connectivity index (χ3v) is 5.87. The summed E-state index contributed by atoms with van der Waals surface area (Å²) in [6, 6.07) is 5.68. The quantitative estimate of drug-likeness (QED) is 0.709. The molecule has 0 N–H and O–H groups in total. The first-order chi connectivity index (χ1) is 15.0. The Hall–Kier alpha value is -3.03. The molecule has 0 bridgehead atoms. The summed E-state index contributed by atoms with van der Waals surface area (Å²) in [5.41, 5.74) is 1.18. The Morgan fingerprint density at radius 3 is 2.74 bits per heavy atom. The van der Waals surface area contributed by atoms with Gasteiger partial charge >= 0.3 is 0 Å². The van der Waals surface area contributed by atoms with Gasteiger partial charge in [-0.3, -0.25) is 9.59 Å². The second-order valence-electron chi connectivity index (χ2n) is 8.03. The minimum atomic E-state index is -0.373. The second-order valence-corrected chi connectivity index (χ2v) is 8.03. The molecule has 1 atom stereocenters. The summed E-state index contributed by atoms with van der Waals surface area (Å²) in [7, 11) is 0. The van der Waals surface area contributed by atoms with Crippen LogP contribution in [-0.2, 0) is 4.79 Å². The second kappa shape index (κ2) is 9.41. The molecule has 0 unspecified atom stereocenters. The number of carbonyl (C=O) groups is 2. The molecule has 2 fully saturated rings. The van der Waals surface area contributed by atoms with E-state index in [0.717, 1.165) is 38.8 Å². The van der Waals surface area contributed by atoms with Gasteiger partial charge in [0, 0.05) is 31.9 Å². The first-order valence-corrected chi connectivity index (χ1v) is 10.8. The van der Waals surface area contributed by atoms with Crippen LogP contribution in [0.3, 0.4) is 0 Å². The average Bonchev–Trinajstić information content (AvgIpc) is 3.45. The summed E-state index contributed by atoms with van der Waals surface area (Å²) in [4.78, 5) is 38.1. The van der Waals surface area contributed by atoms with Gasteiger partial charge in [0.25, 0.3) is 5.91 Å². The molecule has 2 amide bonds. The summed E-state index contributed by atoms with van der Waals surface area (Å²) >= 11 is 0. The van der Waals surface area contributed by atoms with Gasteiger partial charge in [0.15, 0.2) is 5.82 Å². The third kappa shape index (κ3) is 4.84. The van der Waals surface area contributed by atoms with Crippen molar-refractivity contribution in [3.8, 4) is 5.75 Å². The topological polar surface area (TPSA) is 75.6 Å². The molecule has 31 heavy (non-hydrogen) atoms. The van der Waals surface area contributed by atoms with Crippen LogP contribution >= 0.6 is 0 Å². The zero-order valence-electron chi connectivity index (χ0n) is 17.7. The smallest absolute Gasteiger partial charge is 0.257 e. The van der Waals surface area contributed by atoms with Crippen molar-refractivity contribution in [2.24, 2.45) is 0 Å². The molecule has 7 nitrogen and oxygen atoms in total. The van der Waals surface area contributed by atoms with Gasteiger partial charge in [-0.2, -0.15) is 0 Å². The maximum absolute atomic E-state index is 13.2. The van der Waals surface area contributed by atoms with Crippen molar-refractivity contribution in [2.45, 2.75) is 45.1 Å². The van der Waals surface area contributed by atoms with Gasteiger partial charge in [0.05, 0.1) is 30.3 Å². The maximum Gasteiger partial charge on any atom is 0.257 e. The van der Waals surface area contributed by atoms with E-state index in [4.69, 9.17) is 4.74 Å². The number of hydrogen-bond donors (Lipinski definition) is 0. The number of carbonyl (C=O) groups excluding carboxylic acids is 2. The molecule has 3 heterocycles. The highest BCUT2D eigenvalue weighted by atomic mass is 19.1. The van der Waals surface area contributed by atoms with Crippen molar-refractivity contribution < 1.29 is 18.7 Å². The van der Waals surface area contributed by atoms with E-state index in [9.17, 15) is 14.0 Å². The zero-order valence-corrected chi connectivity index (χ0v) is 17.7. The van der Waals surface area contributed by atoms with Crippen LogP contribution in [0, 0.1) is 12.7 Å². The van der Waals surface area contributed by atoms with Crippen molar-refractivity contribution >= 4 is 11.8 Å². The molecule has 0 saturated carbocycles. The van der Waals surface area contributed by atoms with Gasteiger partial charge in [-0.25, -0.2) is 14.4 Å². The lowest BCUT2D eigenvalue weighted by atomic mass is 10.1. The van der Waals surface area contributed by atoms with Crippen LogP contribution in [0.15, 0.2) is 30.5 Å². The van der Waals surface area contributed by atoms with Crippen LogP contribution in [0.1, 0.15) is 60.0 Å². The molecule has 2 aliphatic heterocycles. The standard InChI is InChI=1S/C23H27FN4O3/c1-16-19(23(30)27-10-2-3-11-27)15-25-22(26-16)20-8-5-12-28(20)21(29)9-13-31-18-7-4-6-17(24)14-18/h4,6-7,14-15,20H,2-3,5,8-13H2,1H3/t20-/m0/s1. The number of halogens is 1. The summed E-state index contributed by atoms with van der Waals surface area (Å²) < 4.78 is 18.8. The molecular formula is C23H27FN4O3. The molecule has 1 aromatic heterocycles. The SMILES string of the molecule is Cc1nc([C@@H]2CCCN2C(=O)CCOc2cccc(F)c2)ncc1C(=O)N1CCCC1. The number of benzene rings is 1. The van der Waals surface area contributed by atoms with E-state index in [0.29, 0.717) is 29.4 Å². The molecule has 0 spiro atoms. The van der Waals surface area contributed by atoms with E-state index < -0.39 is 0 Å². The third-order valence-electron chi connectivity index (χ3n) is 5.87. The normalized spacial score (nSPS) is 18.5. The predicted octanol–water partition coefficient (Wildman–Crippen LogP) is 3.29. The predicted molar refractivity (Wildman–Crippen MR) is 112 cm³/mol. The Labute approximate surface area is 181 Å². The number of aromatic nitrogens is 2. The number of amides is 2. The fourth-order valence-corrected chi connectivity index (χ4v) is 4.24. The Kier molecular flexibility index (Phi) is 6.44. The maximum atomic E-state index is 13.2. The number of likely N-dealkylation sites (tertiary alicyclic amines) is 2. The van der Waals surface area contributed by atoms with Crippen molar-refractivity contribution in [3.63, 3.8) is 0 Å². The minimum absolute atomic E-state index is 0.0181. The van der Waals surface area contributed by atoms with Gasteiger partial charge in [-0.15, -0.1) is 0 Å². The fourth-order valence-electron chi connectivity index (χ4n) is 4.24. The molecule has 164 valence electrons. The average molecular weight is 426 g/mol. The summed E-state index contributed by atoms with van der Waals surface area (Å²) in [5.74, 6) is 0.547. The van der Waals surface area contributed by atoms with Crippen LogP contribution in [0.5, 0.6) is 5.75 Å². The number of hydrogen-bond acceptors (Lipinski definition) is 5. The summed E-state index contributed by atoms with van der Waals surface area (Å²) in [6.07, 6.45) is 5.52. The van der Waals surface area contributed by atoms with Crippen molar-refractivity contribution in [2.75, 3.05) is 26.2 Å². The summed E-state index contributed by atoms with van der Waals surface area (Å²) in [6.45, 7) is 4.20. The Morgan fingerprint density at radius 2 is 2.00 bits per heavy atom. The monoisotopic (exact) mass is 426 g/mol. The molecule has 4 rings (SSSR count). The minimum Gasteiger partial charge on any atom is -0.493 e. The van der Waals surface area contributed by atoms with Gasteiger partial charge in [-0.1, -0.05) is 6.07 Å². The molecule has 2 aliphatic rings. The number of aryl methyl sites for hydroxylation is 1. The molecular weight excluding hydrogens is 399 g/mol. The Bertz CT molecular complexity index is 962. The van der Waals surface area contributed by atoms with Crippen molar-refractivity contribution in [3.05, 3.63) is 53.4 Å². The van der Waals surface area contributed by atoms with Crippen LogP contribution < -0.4 is 4.74 Å². The molecule has 0 radical (unpaired) electrons. The fraction of sp³-hybridized carbons (Fsp3) is 0.478. The van der Waals surface area contributed by atoms with E-state index in [1.807, 2.05) is 11.8 Å². The van der Waals surface area contributed by atoms with Gasteiger partial charge in [-0.05, 0) is 44.7 Å². The van der Waals surface area contributed by atoms with Crippen molar-refractivity contribution in [1.82, 2.24) is 19.8 Å². The van der Waals surface area contributed by atoms with Crippen LogP contribution in [0.4, 0.5) is 4.39 Å². The molecule has 8 heteroatoms. The highest BCUT2D eigenvalue weighted by Crippen LogP contribution is 2.31. The van der Waals surface area contributed by atoms with Gasteiger partial charge < -0.3 is 14.5 Å².